The van der Waals surface area contributed by atoms with Gasteiger partial charge < -0.3 is 21.3 Å². The van der Waals surface area contributed by atoms with E-state index in [9.17, 15) is 19.8 Å². The highest BCUT2D eigenvalue weighted by Gasteiger charge is 2.27. The van der Waals surface area contributed by atoms with E-state index in [4.69, 9.17) is 5.73 Å². The van der Waals surface area contributed by atoms with Gasteiger partial charge in [0.1, 0.15) is 5.00 Å². The largest absolute Gasteiger partial charge is 0.393 e. The zero-order valence-corrected chi connectivity index (χ0v) is 15.1. The summed E-state index contributed by atoms with van der Waals surface area (Å²) in [7, 11) is 0. The average molecular weight is 375 g/mol. The van der Waals surface area contributed by atoms with E-state index >= 15 is 0 Å². The molecule has 1 aromatic heterocycles. The van der Waals surface area contributed by atoms with E-state index in [0.717, 1.165) is 16.0 Å². The summed E-state index contributed by atoms with van der Waals surface area (Å²) < 4.78 is 0. The minimum Gasteiger partial charge on any atom is -0.393 e. The molecule has 8 heteroatoms. The lowest BCUT2D eigenvalue weighted by molar-refractivity contribution is 0.0998. The molecule has 6 N–H and O–H groups in total. The number of fused-ring (bicyclic) bond motifs is 1. The normalized spacial score (nSPS) is 17.3. The number of urea groups is 1. The van der Waals surface area contributed by atoms with Crippen LogP contribution in [-0.4, -0.2) is 28.3 Å². The molecule has 0 fully saturated rings. The van der Waals surface area contributed by atoms with Crippen molar-refractivity contribution >= 4 is 34.0 Å². The van der Waals surface area contributed by atoms with Crippen LogP contribution in [0.2, 0.25) is 0 Å². The van der Waals surface area contributed by atoms with Crippen molar-refractivity contribution in [2.24, 2.45) is 5.73 Å². The second-order valence-electron chi connectivity index (χ2n) is 6.35. The van der Waals surface area contributed by atoms with Gasteiger partial charge in [0.15, 0.2) is 0 Å². The standard InChI is InChI=1S/C18H21N3O4S/c1-9(22)10-2-4-11(5-3-10)20-18(25)21-17-15(16(19)24)13-7-6-12(23)8-14(13)26-17/h2-5,9,12,22-23H,6-8H2,1H3,(H2,19,24)(H2,20,21,25). The number of aliphatic hydroxyl groups excluding tert-OH is 2. The Hall–Kier alpha value is -2.42. The molecule has 1 aliphatic carbocycles. The number of hydrogen-bond acceptors (Lipinski definition) is 5. The zero-order chi connectivity index (χ0) is 18.8. The predicted molar refractivity (Wildman–Crippen MR) is 101 cm³/mol. The van der Waals surface area contributed by atoms with Gasteiger partial charge in [0.05, 0.1) is 17.8 Å². The molecular weight excluding hydrogens is 354 g/mol. The molecular formula is C18H21N3O4S. The smallest absolute Gasteiger partial charge is 0.324 e. The Kier molecular flexibility index (Phi) is 5.26. The number of carbonyl (C=O) groups excluding carboxylic acids is 2. The maximum absolute atomic E-state index is 12.3. The molecule has 26 heavy (non-hydrogen) atoms. The van der Waals surface area contributed by atoms with Crippen LogP contribution < -0.4 is 16.4 Å². The first kappa shape index (κ1) is 18.4. The van der Waals surface area contributed by atoms with Gasteiger partial charge in [-0.05, 0) is 43.0 Å². The van der Waals surface area contributed by atoms with Gasteiger partial charge in [0.25, 0.3) is 5.91 Å². The first-order valence-corrected chi connectivity index (χ1v) is 9.15. The Morgan fingerprint density at radius 3 is 2.58 bits per heavy atom. The van der Waals surface area contributed by atoms with Crippen LogP contribution >= 0.6 is 11.3 Å². The number of rotatable bonds is 4. The lowest BCUT2D eigenvalue weighted by Gasteiger charge is -2.17. The van der Waals surface area contributed by atoms with Gasteiger partial charge >= 0.3 is 6.03 Å². The fourth-order valence-corrected chi connectivity index (χ4v) is 4.35. The predicted octanol–water partition coefficient (Wildman–Crippen LogP) is 2.39. The molecule has 1 heterocycles. The van der Waals surface area contributed by atoms with E-state index in [0.29, 0.717) is 35.5 Å². The van der Waals surface area contributed by atoms with Crippen LogP contribution in [0, 0.1) is 0 Å². The number of benzene rings is 1. The Morgan fingerprint density at radius 2 is 1.96 bits per heavy atom. The monoisotopic (exact) mass is 375 g/mol. The van der Waals surface area contributed by atoms with Gasteiger partial charge in [-0.25, -0.2) is 4.79 Å². The summed E-state index contributed by atoms with van der Waals surface area (Å²) in [6.45, 7) is 1.66. The molecule has 2 aromatic rings. The molecule has 0 saturated heterocycles. The van der Waals surface area contributed by atoms with Crippen LogP contribution in [0.3, 0.4) is 0 Å². The molecule has 0 bridgehead atoms. The summed E-state index contributed by atoms with van der Waals surface area (Å²) >= 11 is 1.27. The van der Waals surface area contributed by atoms with Gasteiger partial charge in [0, 0.05) is 17.0 Å². The fourth-order valence-electron chi connectivity index (χ4n) is 3.03. The van der Waals surface area contributed by atoms with Gasteiger partial charge in [-0.1, -0.05) is 12.1 Å². The van der Waals surface area contributed by atoms with E-state index in [1.54, 1.807) is 31.2 Å². The number of anilines is 2. The number of nitrogens with two attached hydrogens (primary N) is 1. The molecule has 138 valence electrons. The van der Waals surface area contributed by atoms with Crippen molar-refractivity contribution < 1.29 is 19.8 Å². The van der Waals surface area contributed by atoms with Crippen LogP contribution in [0.25, 0.3) is 0 Å². The average Bonchev–Trinajstić information content (AvgIpc) is 2.91. The van der Waals surface area contributed by atoms with Crippen LogP contribution in [0.4, 0.5) is 15.5 Å². The minimum absolute atomic E-state index is 0.330. The molecule has 0 aliphatic heterocycles. The maximum atomic E-state index is 12.3. The number of carbonyl (C=O) groups is 2. The first-order valence-electron chi connectivity index (χ1n) is 8.33. The van der Waals surface area contributed by atoms with Crippen LogP contribution in [0.1, 0.15) is 45.8 Å². The third-order valence-electron chi connectivity index (χ3n) is 4.36. The van der Waals surface area contributed by atoms with Crippen molar-refractivity contribution in [2.75, 3.05) is 10.6 Å². The number of aliphatic hydroxyl groups is 2. The van der Waals surface area contributed by atoms with E-state index in [-0.39, 0.29) is 0 Å². The lowest BCUT2D eigenvalue weighted by atomic mass is 9.93. The highest BCUT2D eigenvalue weighted by Crippen LogP contribution is 2.38. The summed E-state index contributed by atoms with van der Waals surface area (Å²) in [5.74, 6) is -0.588. The number of amides is 3. The van der Waals surface area contributed by atoms with Crippen molar-refractivity contribution in [1.82, 2.24) is 0 Å². The lowest BCUT2D eigenvalue weighted by Crippen LogP contribution is -2.23. The van der Waals surface area contributed by atoms with Crippen molar-refractivity contribution in [3.05, 3.63) is 45.8 Å². The van der Waals surface area contributed by atoms with Crippen LogP contribution in [0.5, 0.6) is 0 Å². The summed E-state index contributed by atoms with van der Waals surface area (Å²) in [6, 6.07) is 6.33. The van der Waals surface area contributed by atoms with Crippen molar-refractivity contribution in [3.8, 4) is 0 Å². The molecule has 2 atom stereocenters. The van der Waals surface area contributed by atoms with Crippen molar-refractivity contribution in [2.45, 2.75) is 38.4 Å². The summed E-state index contributed by atoms with van der Waals surface area (Å²) in [6.07, 6.45) is 0.588. The van der Waals surface area contributed by atoms with Crippen LogP contribution in [-0.2, 0) is 12.8 Å². The van der Waals surface area contributed by atoms with E-state index in [1.807, 2.05) is 0 Å². The Labute approximate surface area is 154 Å². The first-order chi connectivity index (χ1) is 12.3. The van der Waals surface area contributed by atoms with E-state index in [1.165, 1.54) is 11.3 Å². The number of nitrogens with one attached hydrogen (secondary N) is 2. The molecule has 0 radical (unpaired) electrons. The number of primary amides is 1. The topological polar surface area (TPSA) is 125 Å². The molecule has 1 aliphatic rings. The highest BCUT2D eigenvalue weighted by molar-refractivity contribution is 7.17. The SMILES string of the molecule is CC(O)c1ccc(NC(=O)Nc2sc3c(c2C(N)=O)CCC(O)C3)cc1. The van der Waals surface area contributed by atoms with Gasteiger partial charge in [0.2, 0.25) is 0 Å². The Bertz CT molecular complexity index is 830. The van der Waals surface area contributed by atoms with Gasteiger partial charge in [-0.15, -0.1) is 11.3 Å². The zero-order valence-electron chi connectivity index (χ0n) is 14.3. The maximum Gasteiger partial charge on any atom is 0.324 e. The Morgan fingerprint density at radius 1 is 1.27 bits per heavy atom. The van der Waals surface area contributed by atoms with E-state index < -0.39 is 24.1 Å². The number of hydrogen-bond donors (Lipinski definition) is 5. The second kappa shape index (κ2) is 7.45. The summed E-state index contributed by atoms with van der Waals surface area (Å²) in [4.78, 5) is 25.0. The van der Waals surface area contributed by atoms with Crippen LogP contribution in [0.15, 0.2) is 24.3 Å². The fraction of sp³-hybridized carbons (Fsp3) is 0.333. The molecule has 0 saturated carbocycles. The molecule has 3 amide bonds. The third-order valence-corrected chi connectivity index (χ3v) is 5.53. The van der Waals surface area contributed by atoms with Gasteiger partial charge in [-0.2, -0.15) is 0 Å². The molecule has 0 spiro atoms. The summed E-state index contributed by atoms with van der Waals surface area (Å²) in [5.41, 5.74) is 7.96. The quantitative estimate of drug-likeness (QED) is 0.563. The second-order valence-corrected chi connectivity index (χ2v) is 7.45. The Balaban J connectivity index is 1.76. The van der Waals surface area contributed by atoms with Crippen molar-refractivity contribution in [3.63, 3.8) is 0 Å². The minimum atomic E-state index is -0.588. The van der Waals surface area contributed by atoms with Crippen molar-refractivity contribution in [1.29, 1.82) is 0 Å². The molecule has 7 nitrogen and oxygen atoms in total. The molecule has 2 unspecified atom stereocenters. The van der Waals surface area contributed by atoms with Gasteiger partial charge in [-0.3, -0.25) is 10.1 Å². The number of thiophene rings is 1. The highest BCUT2D eigenvalue weighted by atomic mass is 32.1. The third kappa shape index (κ3) is 3.87. The summed E-state index contributed by atoms with van der Waals surface area (Å²) in [5, 5.41) is 25.1. The van der Waals surface area contributed by atoms with E-state index in [2.05, 4.69) is 10.6 Å². The molecule has 3 rings (SSSR count). The molecule has 1 aromatic carbocycles.